The van der Waals surface area contributed by atoms with Gasteiger partial charge in [-0.2, -0.15) is 0 Å². The maximum Gasteiger partial charge on any atom is 0.276 e. The molecule has 0 bridgehead atoms. The maximum atomic E-state index is 13.9. The fourth-order valence-corrected chi connectivity index (χ4v) is 6.47. The second-order valence-corrected chi connectivity index (χ2v) is 16.2. The van der Waals surface area contributed by atoms with Crippen molar-refractivity contribution < 1.29 is 29.3 Å². The number of pyridine rings is 4. The molecule has 6 aromatic rings. The molecule has 0 saturated heterocycles. The summed E-state index contributed by atoms with van der Waals surface area (Å²) in [6, 6.07) is 10.3. The summed E-state index contributed by atoms with van der Waals surface area (Å²) in [5.41, 5.74) is 3.28. The zero-order valence-corrected chi connectivity index (χ0v) is 35.5. The lowest BCUT2D eigenvalue weighted by Crippen LogP contribution is -2.38. The molecule has 6 aromatic heterocycles. The standard InChI is InChI=1S/C45H46N14O6/c1-45(2,64)23-53-42(62)32-12-14-47-21-38(32)59-44(40-36(55-29-17-50-25-51-18-29)10-8-34(57-40)27-5-6-27)65-22-30(60)19-52-41(61)31-11-13-46-20-37(31)58-43(63)39-35(54-28-15-48-24-49-16-28)9-7-33(56-39)26-3-4-26/h7-18,20-21,24-27,30,54-55,60,64H,3-6,19,22-23H2,1-2H3,(H,52,61)(H,53,62)(H,58,63). The maximum absolute atomic E-state index is 13.9. The summed E-state index contributed by atoms with van der Waals surface area (Å²) in [6.45, 7) is 2.45. The number of ether oxygens (including phenoxy) is 1. The molecule has 1 atom stereocenters. The van der Waals surface area contributed by atoms with E-state index < -0.39 is 29.4 Å². The second kappa shape index (κ2) is 19.7. The van der Waals surface area contributed by atoms with Gasteiger partial charge in [0.25, 0.3) is 17.7 Å². The monoisotopic (exact) mass is 878 g/mol. The molecule has 20 nitrogen and oxygen atoms in total. The Morgan fingerprint density at radius 1 is 0.692 bits per heavy atom. The molecule has 0 aromatic carbocycles. The van der Waals surface area contributed by atoms with Crippen LogP contribution in [0.3, 0.4) is 0 Å². The summed E-state index contributed by atoms with van der Waals surface area (Å²) in [6.07, 6.45) is 17.3. The van der Waals surface area contributed by atoms with Crippen molar-refractivity contribution in [3.63, 3.8) is 0 Å². The van der Waals surface area contributed by atoms with E-state index in [1.807, 2.05) is 18.2 Å². The Kier molecular flexibility index (Phi) is 13.3. The molecule has 7 N–H and O–H groups in total. The van der Waals surface area contributed by atoms with Crippen LogP contribution in [0.1, 0.15) is 99.7 Å². The van der Waals surface area contributed by atoms with E-state index in [0.29, 0.717) is 22.7 Å². The van der Waals surface area contributed by atoms with Gasteiger partial charge in [-0.1, -0.05) is 0 Å². The number of aromatic nitrogens is 8. The Balaban J connectivity index is 1.01. The first kappa shape index (κ1) is 43.8. The number of carbonyl (C=O) groups excluding carboxylic acids is 3. The molecule has 332 valence electrons. The first-order valence-electron chi connectivity index (χ1n) is 20.9. The molecule has 0 aliphatic heterocycles. The summed E-state index contributed by atoms with van der Waals surface area (Å²) >= 11 is 0. The minimum atomic E-state index is -1.29. The molecule has 2 fully saturated rings. The van der Waals surface area contributed by atoms with E-state index in [1.165, 1.54) is 49.6 Å². The Hall–Kier alpha value is -7.84. The lowest BCUT2D eigenvalue weighted by atomic mass is 10.1. The summed E-state index contributed by atoms with van der Waals surface area (Å²) in [5.74, 6) is -1.25. The van der Waals surface area contributed by atoms with Crippen LogP contribution in [0.5, 0.6) is 0 Å². The van der Waals surface area contributed by atoms with Gasteiger partial charge in [0, 0.05) is 48.7 Å². The third-order valence-corrected chi connectivity index (χ3v) is 10.1. The molecule has 2 aliphatic carbocycles. The minimum absolute atomic E-state index is 0.0288. The van der Waals surface area contributed by atoms with E-state index in [-0.39, 0.29) is 71.3 Å². The molecule has 3 amide bonds. The molecule has 20 heteroatoms. The Morgan fingerprint density at radius 3 is 1.85 bits per heavy atom. The fourth-order valence-electron chi connectivity index (χ4n) is 6.47. The lowest BCUT2D eigenvalue weighted by Gasteiger charge is -2.19. The third-order valence-electron chi connectivity index (χ3n) is 10.1. The lowest BCUT2D eigenvalue weighted by molar-refractivity contribution is 0.0694. The number of aliphatic imine (C=N–C) groups is 1. The highest BCUT2D eigenvalue weighted by Crippen LogP contribution is 2.41. The van der Waals surface area contributed by atoms with E-state index in [2.05, 4.69) is 61.5 Å². The Morgan fingerprint density at radius 2 is 1.25 bits per heavy atom. The zero-order valence-electron chi connectivity index (χ0n) is 35.5. The van der Waals surface area contributed by atoms with E-state index in [4.69, 9.17) is 14.7 Å². The normalized spacial score (nSPS) is 14.2. The van der Waals surface area contributed by atoms with Crippen molar-refractivity contribution in [3.05, 3.63) is 133 Å². The van der Waals surface area contributed by atoms with Crippen LogP contribution in [0.25, 0.3) is 0 Å². The van der Waals surface area contributed by atoms with Crippen molar-refractivity contribution in [2.75, 3.05) is 35.6 Å². The van der Waals surface area contributed by atoms with Gasteiger partial charge in [-0.25, -0.2) is 34.9 Å². The van der Waals surface area contributed by atoms with Crippen molar-refractivity contribution >= 4 is 57.7 Å². The molecule has 65 heavy (non-hydrogen) atoms. The SMILES string of the molecule is CC(C)(O)CNC(=O)c1ccncc1N=C(OCC(O)CNC(=O)c1ccncc1NC(=O)c1nc(C2CC2)ccc1Nc1cncnc1)c1nc(C2CC2)ccc1Nc1cncnc1. The van der Waals surface area contributed by atoms with Gasteiger partial charge in [0.2, 0.25) is 5.90 Å². The molecule has 0 spiro atoms. The quantitative estimate of drug-likeness (QED) is 0.0454. The molecule has 8 rings (SSSR count). The predicted molar refractivity (Wildman–Crippen MR) is 239 cm³/mol. The highest BCUT2D eigenvalue weighted by Gasteiger charge is 2.29. The number of amides is 3. The Bertz CT molecular complexity index is 2690. The summed E-state index contributed by atoms with van der Waals surface area (Å²) in [7, 11) is 0. The first-order valence-corrected chi connectivity index (χ1v) is 20.9. The van der Waals surface area contributed by atoms with E-state index in [1.54, 1.807) is 44.7 Å². The smallest absolute Gasteiger partial charge is 0.276 e. The fraction of sp³-hybridized carbons (Fsp3) is 0.289. The topological polar surface area (TPSA) is 277 Å². The number of nitrogens with one attached hydrogen (secondary N) is 5. The van der Waals surface area contributed by atoms with Crippen molar-refractivity contribution in [3.8, 4) is 0 Å². The van der Waals surface area contributed by atoms with Gasteiger partial charge in [-0.3, -0.25) is 24.4 Å². The average Bonchev–Trinajstić information content (AvgIpc) is 4.25. The van der Waals surface area contributed by atoms with Crippen molar-refractivity contribution in [2.45, 2.75) is 63.1 Å². The number of hydrogen-bond acceptors (Lipinski definition) is 17. The van der Waals surface area contributed by atoms with Crippen molar-refractivity contribution in [1.29, 1.82) is 0 Å². The molecule has 2 saturated carbocycles. The van der Waals surface area contributed by atoms with Gasteiger partial charge < -0.3 is 41.5 Å². The van der Waals surface area contributed by atoms with Crippen LogP contribution in [-0.2, 0) is 4.74 Å². The van der Waals surface area contributed by atoms with Crippen LogP contribution in [0.2, 0.25) is 0 Å². The van der Waals surface area contributed by atoms with Crippen LogP contribution in [0.15, 0.2) is 104 Å². The van der Waals surface area contributed by atoms with Gasteiger partial charge in [0.15, 0.2) is 5.69 Å². The van der Waals surface area contributed by atoms with Crippen LogP contribution >= 0.6 is 0 Å². The van der Waals surface area contributed by atoms with Crippen LogP contribution in [-0.4, -0.2) is 105 Å². The third kappa shape index (κ3) is 11.8. The number of rotatable bonds is 18. The molecular weight excluding hydrogens is 833 g/mol. The number of anilines is 5. The summed E-state index contributed by atoms with van der Waals surface area (Å²) < 4.78 is 6.25. The number of hydrogen-bond donors (Lipinski definition) is 7. The van der Waals surface area contributed by atoms with E-state index >= 15 is 0 Å². The van der Waals surface area contributed by atoms with Gasteiger partial charge in [-0.15, -0.1) is 0 Å². The number of nitrogens with zero attached hydrogens (tertiary/aromatic N) is 9. The van der Waals surface area contributed by atoms with Crippen LogP contribution < -0.4 is 26.6 Å². The van der Waals surface area contributed by atoms with Gasteiger partial charge in [-0.05, 0) is 75.9 Å². The average molecular weight is 879 g/mol. The summed E-state index contributed by atoms with van der Waals surface area (Å²) in [5, 5.41) is 36.2. The molecular formula is C45H46N14O6. The van der Waals surface area contributed by atoms with E-state index in [0.717, 1.165) is 37.1 Å². The largest absolute Gasteiger partial charge is 0.473 e. The van der Waals surface area contributed by atoms with E-state index in [9.17, 15) is 24.6 Å². The highest BCUT2D eigenvalue weighted by atomic mass is 16.5. The number of carbonyl (C=O) groups is 3. The van der Waals surface area contributed by atoms with Crippen molar-refractivity contribution in [2.24, 2.45) is 4.99 Å². The summed E-state index contributed by atoms with van der Waals surface area (Å²) in [4.78, 5) is 79.9. The van der Waals surface area contributed by atoms with Crippen LogP contribution in [0, 0.1) is 0 Å². The van der Waals surface area contributed by atoms with Gasteiger partial charge in [0.1, 0.15) is 31.1 Å². The zero-order chi connectivity index (χ0) is 45.3. The molecule has 1 unspecified atom stereocenters. The predicted octanol–water partition coefficient (Wildman–Crippen LogP) is 4.73. The molecule has 2 aliphatic rings. The van der Waals surface area contributed by atoms with Gasteiger partial charge >= 0.3 is 0 Å². The highest BCUT2D eigenvalue weighted by molar-refractivity contribution is 6.10. The second-order valence-electron chi connectivity index (χ2n) is 16.2. The molecule has 0 radical (unpaired) electrons. The Labute approximate surface area is 372 Å². The van der Waals surface area contributed by atoms with Crippen LogP contribution in [0.4, 0.5) is 34.1 Å². The van der Waals surface area contributed by atoms with Crippen molar-refractivity contribution in [1.82, 2.24) is 50.5 Å². The molecule has 6 heterocycles. The first-order chi connectivity index (χ1) is 31.5. The number of aliphatic hydroxyl groups excluding tert-OH is 1. The minimum Gasteiger partial charge on any atom is -0.473 e. The number of aliphatic hydroxyl groups is 2. The van der Waals surface area contributed by atoms with Gasteiger partial charge in [0.05, 0.1) is 88.0 Å².